The van der Waals surface area contributed by atoms with E-state index in [1.165, 1.54) is 0 Å². The Balaban J connectivity index is 2.49. The maximum absolute atomic E-state index is 5.41. The van der Waals surface area contributed by atoms with Crippen LogP contribution in [0.1, 0.15) is 11.9 Å². The predicted molar refractivity (Wildman–Crippen MR) is 53.4 cm³/mol. The first-order chi connectivity index (χ1) is 6.27. The van der Waals surface area contributed by atoms with Crippen molar-refractivity contribution in [1.29, 1.82) is 0 Å². The third-order valence-corrected chi connectivity index (χ3v) is 2.83. The lowest BCUT2D eigenvalue weighted by Gasteiger charge is -2.20. The number of ether oxygens (including phenoxy) is 1. The van der Waals surface area contributed by atoms with Gasteiger partial charge in [-0.3, -0.25) is 11.3 Å². The second-order valence-electron chi connectivity index (χ2n) is 2.84. The molecule has 0 aromatic carbocycles. The van der Waals surface area contributed by atoms with Gasteiger partial charge in [0.1, 0.15) is 0 Å². The summed E-state index contributed by atoms with van der Waals surface area (Å²) in [5.74, 6) is 5.41. The van der Waals surface area contributed by atoms with Gasteiger partial charge in [0.2, 0.25) is 0 Å². The molecule has 1 heterocycles. The molecule has 0 amide bonds. The van der Waals surface area contributed by atoms with Crippen LogP contribution in [0.15, 0.2) is 11.6 Å². The van der Waals surface area contributed by atoms with Gasteiger partial charge in [-0.1, -0.05) is 0 Å². The number of hydrazine groups is 1. The summed E-state index contributed by atoms with van der Waals surface area (Å²) in [6, 6.07) is 0.121. The van der Waals surface area contributed by atoms with Crippen LogP contribution < -0.4 is 11.3 Å². The largest absolute Gasteiger partial charge is 0.380 e. The van der Waals surface area contributed by atoms with E-state index in [1.54, 1.807) is 24.6 Å². The first kappa shape index (κ1) is 10.6. The summed E-state index contributed by atoms with van der Waals surface area (Å²) < 4.78 is 5.19. The zero-order chi connectivity index (χ0) is 9.68. The molecule has 0 radical (unpaired) electrons. The minimum absolute atomic E-state index is 0.0916. The minimum Gasteiger partial charge on any atom is -0.380 e. The number of nitrogens with one attached hydrogen (secondary N) is 1. The SMILES string of the molecule is COC(C)C(Cc1nccs1)NN. The van der Waals surface area contributed by atoms with E-state index >= 15 is 0 Å². The molecule has 4 nitrogen and oxygen atoms in total. The van der Waals surface area contributed by atoms with Crippen molar-refractivity contribution in [1.82, 2.24) is 10.4 Å². The number of hydrogen-bond acceptors (Lipinski definition) is 5. The molecule has 1 aromatic rings. The molecule has 0 saturated heterocycles. The Kier molecular flexibility index (Phi) is 4.31. The molecule has 2 unspecified atom stereocenters. The van der Waals surface area contributed by atoms with Crippen molar-refractivity contribution in [2.45, 2.75) is 25.5 Å². The molecular weight excluding hydrogens is 186 g/mol. The van der Waals surface area contributed by atoms with Crippen molar-refractivity contribution < 1.29 is 4.74 Å². The van der Waals surface area contributed by atoms with E-state index in [2.05, 4.69) is 10.4 Å². The molecule has 13 heavy (non-hydrogen) atoms. The highest BCUT2D eigenvalue weighted by Gasteiger charge is 2.16. The molecule has 1 aromatic heterocycles. The quantitative estimate of drug-likeness (QED) is 0.539. The van der Waals surface area contributed by atoms with Crippen LogP contribution in [0.25, 0.3) is 0 Å². The van der Waals surface area contributed by atoms with Gasteiger partial charge in [0.25, 0.3) is 0 Å². The van der Waals surface area contributed by atoms with E-state index in [-0.39, 0.29) is 12.1 Å². The number of methoxy groups -OCH3 is 1. The molecular formula is C8H15N3OS. The molecule has 0 spiro atoms. The van der Waals surface area contributed by atoms with Crippen LogP contribution in [0.4, 0.5) is 0 Å². The molecule has 0 saturated carbocycles. The van der Waals surface area contributed by atoms with Gasteiger partial charge in [0, 0.05) is 25.1 Å². The van der Waals surface area contributed by atoms with Crippen molar-refractivity contribution >= 4 is 11.3 Å². The highest BCUT2D eigenvalue weighted by atomic mass is 32.1. The number of thiazole rings is 1. The summed E-state index contributed by atoms with van der Waals surface area (Å²) in [5.41, 5.74) is 2.73. The van der Waals surface area contributed by atoms with Gasteiger partial charge in [-0.25, -0.2) is 4.98 Å². The number of rotatable bonds is 5. The molecule has 0 aliphatic carbocycles. The maximum Gasteiger partial charge on any atom is 0.0941 e. The van der Waals surface area contributed by atoms with Crippen LogP contribution in [0, 0.1) is 0 Å². The lowest BCUT2D eigenvalue weighted by Crippen LogP contribution is -2.45. The Morgan fingerprint density at radius 2 is 2.54 bits per heavy atom. The first-order valence-electron chi connectivity index (χ1n) is 4.15. The van der Waals surface area contributed by atoms with Crippen molar-refractivity contribution in [3.63, 3.8) is 0 Å². The molecule has 5 heteroatoms. The van der Waals surface area contributed by atoms with Crippen molar-refractivity contribution in [2.75, 3.05) is 7.11 Å². The van der Waals surface area contributed by atoms with E-state index in [1.807, 2.05) is 12.3 Å². The summed E-state index contributed by atoms with van der Waals surface area (Å²) in [4.78, 5) is 4.19. The Morgan fingerprint density at radius 3 is 3.00 bits per heavy atom. The molecule has 0 aliphatic rings. The van der Waals surface area contributed by atoms with Gasteiger partial charge in [-0.15, -0.1) is 11.3 Å². The van der Waals surface area contributed by atoms with Crippen molar-refractivity contribution in [3.05, 3.63) is 16.6 Å². The van der Waals surface area contributed by atoms with Crippen LogP contribution in [0.2, 0.25) is 0 Å². The molecule has 74 valence electrons. The monoisotopic (exact) mass is 201 g/mol. The predicted octanol–water partition coefficient (Wildman–Crippen LogP) is 0.552. The van der Waals surface area contributed by atoms with Crippen LogP contribution in [0.5, 0.6) is 0 Å². The maximum atomic E-state index is 5.41. The fraction of sp³-hybridized carbons (Fsp3) is 0.625. The van der Waals surface area contributed by atoms with E-state index in [9.17, 15) is 0 Å². The Labute approximate surface area is 82.1 Å². The van der Waals surface area contributed by atoms with Crippen LogP contribution >= 0.6 is 11.3 Å². The fourth-order valence-electron chi connectivity index (χ4n) is 1.07. The number of nitrogens with zero attached hydrogens (tertiary/aromatic N) is 1. The number of nitrogens with two attached hydrogens (primary N) is 1. The zero-order valence-electron chi connectivity index (χ0n) is 7.86. The zero-order valence-corrected chi connectivity index (χ0v) is 8.67. The van der Waals surface area contributed by atoms with E-state index < -0.39 is 0 Å². The van der Waals surface area contributed by atoms with Gasteiger partial charge in [-0.2, -0.15) is 0 Å². The lowest BCUT2D eigenvalue weighted by atomic mass is 10.1. The van der Waals surface area contributed by atoms with Crippen LogP contribution in [0.3, 0.4) is 0 Å². The Morgan fingerprint density at radius 1 is 1.77 bits per heavy atom. The molecule has 2 atom stereocenters. The lowest BCUT2D eigenvalue weighted by molar-refractivity contribution is 0.0831. The summed E-state index contributed by atoms with van der Waals surface area (Å²) in [6.07, 6.45) is 2.70. The smallest absolute Gasteiger partial charge is 0.0941 e. The van der Waals surface area contributed by atoms with Gasteiger partial charge in [0.05, 0.1) is 17.2 Å². The summed E-state index contributed by atoms with van der Waals surface area (Å²) in [5, 5.41) is 3.03. The number of hydrogen-bond donors (Lipinski definition) is 2. The van der Waals surface area contributed by atoms with E-state index in [4.69, 9.17) is 10.6 Å². The topological polar surface area (TPSA) is 60.2 Å². The highest BCUT2D eigenvalue weighted by Crippen LogP contribution is 2.09. The average molecular weight is 201 g/mol. The molecule has 1 rings (SSSR count). The van der Waals surface area contributed by atoms with Crippen molar-refractivity contribution in [2.24, 2.45) is 5.84 Å². The normalized spacial score (nSPS) is 15.6. The Hall–Kier alpha value is -0.490. The van der Waals surface area contributed by atoms with E-state index in [0.717, 1.165) is 11.4 Å². The van der Waals surface area contributed by atoms with Gasteiger partial charge >= 0.3 is 0 Å². The van der Waals surface area contributed by atoms with Crippen LogP contribution in [-0.2, 0) is 11.2 Å². The summed E-state index contributed by atoms with van der Waals surface area (Å²) >= 11 is 1.63. The first-order valence-corrected chi connectivity index (χ1v) is 5.03. The van der Waals surface area contributed by atoms with E-state index in [0.29, 0.717) is 0 Å². The summed E-state index contributed by atoms with van der Waals surface area (Å²) in [6.45, 7) is 1.98. The van der Waals surface area contributed by atoms with Gasteiger partial charge in [-0.05, 0) is 6.92 Å². The standard InChI is InChI=1S/C8H15N3OS/c1-6(12-2)7(11-9)5-8-10-3-4-13-8/h3-4,6-7,11H,5,9H2,1-2H3. The molecule has 0 aliphatic heterocycles. The Bertz CT molecular complexity index is 227. The molecule has 0 bridgehead atoms. The third kappa shape index (κ3) is 3.04. The average Bonchev–Trinajstić information content (AvgIpc) is 2.65. The second kappa shape index (κ2) is 5.29. The van der Waals surface area contributed by atoms with Crippen LogP contribution in [-0.4, -0.2) is 24.2 Å². The van der Waals surface area contributed by atoms with Gasteiger partial charge < -0.3 is 4.74 Å². The van der Waals surface area contributed by atoms with Crippen molar-refractivity contribution in [3.8, 4) is 0 Å². The minimum atomic E-state index is 0.0916. The third-order valence-electron chi connectivity index (χ3n) is 2.03. The molecule has 3 N–H and O–H groups in total. The number of aromatic nitrogens is 1. The molecule has 0 fully saturated rings. The highest BCUT2D eigenvalue weighted by molar-refractivity contribution is 7.09. The fourth-order valence-corrected chi connectivity index (χ4v) is 1.74. The second-order valence-corrected chi connectivity index (χ2v) is 3.82. The summed E-state index contributed by atoms with van der Waals surface area (Å²) in [7, 11) is 1.68. The van der Waals surface area contributed by atoms with Gasteiger partial charge in [0.15, 0.2) is 0 Å².